The number of halogens is 1. The molecule has 8 nitrogen and oxygen atoms in total. The zero-order chi connectivity index (χ0) is 28.1. The van der Waals surface area contributed by atoms with Crippen molar-refractivity contribution in [3.63, 3.8) is 0 Å². The summed E-state index contributed by atoms with van der Waals surface area (Å²) in [5.74, 6) is 0.443. The van der Waals surface area contributed by atoms with Crippen LogP contribution in [-0.4, -0.2) is 25.6 Å². The number of nitro groups is 1. The third-order valence-corrected chi connectivity index (χ3v) is 7.19. The van der Waals surface area contributed by atoms with Crippen LogP contribution in [0.2, 0.25) is 0 Å². The van der Waals surface area contributed by atoms with Gasteiger partial charge in [-0.1, -0.05) is 54.2 Å². The van der Waals surface area contributed by atoms with Gasteiger partial charge in [0.25, 0.3) is 11.6 Å². The van der Waals surface area contributed by atoms with Gasteiger partial charge in [0, 0.05) is 41.2 Å². The van der Waals surface area contributed by atoms with E-state index in [0.29, 0.717) is 27.9 Å². The Labute approximate surface area is 234 Å². The molecule has 0 fully saturated rings. The molecule has 1 N–H and O–H groups in total. The van der Waals surface area contributed by atoms with Crippen LogP contribution in [0.3, 0.4) is 0 Å². The summed E-state index contributed by atoms with van der Waals surface area (Å²) >= 11 is 1.43. The first-order chi connectivity index (χ1) is 19.4. The normalized spacial score (nSPS) is 10.8. The lowest BCUT2D eigenvalue weighted by atomic mass is 10.1. The highest BCUT2D eigenvalue weighted by atomic mass is 32.2. The van der Waals surface area contributed by atoms with E-state index in [1.807, 2.05) is 54.0 Å². The third kappa shape index (κ3) is 6.08. The van der Waals surface area contributed by atoms with Crippen LogP contribution >= 0.6 is 11.8 Å². The van der Waals surface area contributed by atoms with E-state index in [1.165, 1.54) is 36.0 Å². The molecule has 0 radical (unpaired) electrons. The van der Waals surface area contributed by atoms with Gasteiger partial charge in [-0.25, -0.2) is 4.39 Å². The Morgan fingerprint density at radius 2 is 1.73 bits per heavy atom. The number of nitrogens with one attached hydrogen (secondary N) is 1. The molecule has 5 rings (SSSR count). The van der Waals surface area contributed by atoms with Crippen molar-refractivity contribution in [3.05, 3.63) is 135 Å². The molecule has 1 amide bonds. The molecule has 0 saturated heterocycles. The highest BCUT2D eigenvalue weighted by molar-refractivity contribution is 7.98. The zero-order valence-corrected chi connectivity index (χ0v) is 22.3. The minimum absolute atomic E-state index is 0.00530. The van der Waals surface area contributed by atoms with E-state index in [-0.39, 0.29) is 24.0 Å². The predicted octanol–water partition coefficient (Wildman–Crippen LogP) is 6.51. The largest absolute Gasteiger partial charge is 0.348 e. The molecular formula is C30H24FN5O3S. The number of hydrogen-bond acceptors (Lipinski definition) is 6. The van der Waals surface area contributed by atoms with E-state index in [9.17, 15) is 19.3 Å². The lowest BCUT2D eigenvalue weighted by Gasteiger charge is -2.13. The van der Waals surface area contributed by atoms with Gasteiger partial charge in [-0.15, -0.1) is 10.2 Å². The van der Waals surface area contributed by atoms with E-state index >= 15 is 0 Å². The molecule has 0 bridgehead atoms. The van der Waals surface area contributed by atoms with Gasteiger partial charge in [0.15, 0.2) is 11.0 Å². The smallest absolute Gasteiger partial charge is 0.269 e. The van der Waals surface area contributed by atoms with Crippen LogP contribution in [0, 0.1) is 22.9 Å². The first-order valence-corrected chi connectivity index (χ1v) is 13.4. The molecule has 0 unspecified atom stereocenters. The second-order valence-electron chi connectivity index (χ2n) is 9.04. The number of aryl methyl sites for hydroxylation is 1. The molecule has 0 saturated carbocycles. The Balaban J connectivity index is 1.40. The fourth-order valence-electron chi connectivity index (χ4n) is 4.17. The van der Waals surface area contributed by atoms with E-state index < -0.39 is 4.92 Å². The first kappa shape index (κ1) is 26.8. The van der Waals surface area contributed by atoms with Crippen LogP contribution < -0.4 is 5.32 Å². The van der Waals surface area contributed by atoms with E-state index in [4.69, 9.17) is 0 Å². The summed E-state index contributed by atoms with van der Waals surface area (Å²) in [6, 6.07) is 27.4. The maximum Gasteiger partial charge on any atom is 0.269 e. The summed E-state index contributed by atoms with van der Waals surface area (Å²) in [5.41, 5.74) is 4.74. The van der Waals surface area contributed by atoms with E-state index in [2.05, 4.69) is 15.5 Å². The standard InChI is InChI=1S/C30H24FN5O3S/c1-20-5-4-7-26(17-20)35-28(22-11-15-25(16-12-22)36(38)39)33-34-30(35)40-19-23-6-2-3-8-27(23)29(37)32-18-21-9-13-24(31)14-10-21/h2-17H,18-19H2,1H3,(H,32,37). The molecule has 0 atom stereocenters. The number of nitrogens with zero attached hydrogens (tertiary/aromatic N) is 4. The topological polar surface area (TPSA) is 103 Å². The number of hydrogen-bond donors (Lipinski definition) is 1. The van der Waals surface area contributed by atoms with Crippen LogP contribution in [0.15, 0.2) is 102 Å². The molecule has 1 aromatic heterocycles. The molecule has 0 spiro atoms. The number of non-ortho nitro benzene ring substituents is 1. The molecule has 5 aromatic rings. The number of rotatable bonds is 9. The zero-order valence-electron chi connectivity index (χ0n) is 21.5. The van der Waals surface area contributed by atoms with Gasteiger partial charge in [0.05, 0.1) is 4.92 Å². The molecule has 40 heavy (non-hydrogen) atoms. The SMILES string of the molecule is Cc1cccc(-n2c(SCc3ccccc3C(=O)NCc3ccc(F)cc3)nnc2-c2ccc([N+](=O)[O-])cc2)c1. The van der Waals surface area contributed by atoms with Gasteiger partial charge in [-0.2, -0.15) is 0 Å². The van der Waals surface area contributed by atoms with Gasteiger partial charge in [-0.3, -0.25) is 19.5 Å². The van der Waals surface area contributed by atoms with Crippen LogP contribution in [0.4, 0.5) is 10.1 Å². The lowest BCUT2D eigenvalue weighted by Crippen LogP contribution is -2.23. The van der Waals surface area contributed by atoms with Crippen molar-refractivity contribution < 1.29 is 14.1 Å². The second-order valence-corrected chi connectivity index (χ2v) is 9.98. The molecule has 0 aliphatic rings. The van der Waals surface area contributed by atoms with Crippen molar-refractivity contribution in [3.8, 4) is 17.1 Å². The Kier molecular flexibility index (Phi) is 7.97. The van der Waals surface area contributed by atoms with Crippen molar-refractivity contribution in [1.29, 1.82) is 0 Å². The fraction of sp³-hybridized carbons (Fsp3) is 0.100. The molecular weight excluding hydrogens is 529 g/mol. The van der Waals surface area contributed by atoms with Gasteiger partial charge in [0.1, 0.15) is 5.82 Å². The van der Waals surface area contributed by atoms with Crippen LogP contribution in [0.5, 0.6) is 0 Å². The number of thioether (sulfide) groups is 1. The maximum absolute atomic E-state index is 13.2. The average Bonchev–Trinajstić information content (AvgIpc) is 3.40. The minimum atomic E-state index is -0.441. The Bertz CT molecular complexity index is 1670. The van der Waals surface area contributed by atoms with Gasteiger partial charge >= 0.3 is 0 Å². The summed E-state index contributed by atoms with van der Waals surface area (Å²) in [5, 5.41) is 23.5. The van der Waals surface area contributed by atoms with Crippen LogP contribution in [0.1, 0.15) is 27.0 Å². The van der Waals surface area contributed by atoms with Gasteiger partial charge in [-0.05, 0) is 66.1 Å². The quantitative estimate of drug-likeness (QED) is 0.127. The van der Waals surface area contributed by atoms with Crippen molar-refractivity contribution in [2.45, 2.75) is 24.4 Å². The molecule has 4 aromatic carbocycles. The molecule has 10 heteroatoms. The Morgan fingerprint density at radius 3 is 2.45 bits per heavy atom. The van der Waals surface area contributed by atoms with Crippen LogP contribution in [-0.2, 0) is 12.3 Å². The number of amides is 1. The second kappa shape index (κ2) is 11.9. The summed E-state index contributed by atoms with van der Waals surface area (Å²) in [4.78, 5) is 23.7. The highest BCUT2D eigenvalue weighted by Gasteiger charge is 2.19. The average molecular weight is 554 g/mol. The highest BCUT2D eigenvalue weighted by Crippen LogP contribution is 2.31. The molecule has 0 aliphatic carbocycles. The maximum atomic E-state index is 13.2. The summed E-state index contributed by atoms with van der Waals surface area (Å²) in [6.07, 6.45) is 0. The first-order valence-electron chi connectivity index (χ1n) is 12.4. The number of benzene rings is 4. The Hall–Kier alpha value is -4.83. The van der Waals surface area contributed by atoms with Crippen molar-refractivity contribution in [2.24, 2.45) is 0 Å². The number of nitro benzene ring substituents is 1. The molecule has 1 heterocycles. The predicted molar refractivity (Wildman–Crippen MR) is 152 cm³/mol. The molecule has 200 valence electrons. The van der Waals surface area contributed by atoms with Crippen molar-refractivity contribution >= 4 is 23.4 Å². The van der Waals surface area contributed by atoms with Gasteiger partial charge < -0.3 is 5.32 Å². The minimum Gasteiger partial charge on any atom is -0.348 e. The summed E-state index contributed by atoms with van der Waals surface area (Å²) < 4.78 is 15.1. The summed E-state index contributed by atoms with van der Waals surface area (Å²) in [7, 11) is 0. The monoisotopic (exact) mass is 553 g/mol. The van der Waals surface area contributed by atoms with E-state index in [0.717, 1.165) is 22.4 Å². The van der Waals surface area contributed by atoms with Gasteiger partial charge in [0.2, 0.25) is 0 Å². The molecule has 0 aliphatic heterocycles. The number of carbonyl (C=O) groups excluding carboxylic acids is 1. The van der Waals surface area contributed by atoms with Crippen molar-refractivity contribution in [2.75, 3.05) is 0 Å². The Morgan fingerprint density at radius 1 is 0.975 bits per heavy atom. The lowest BCUT2D eigenvalue weighted by molar-refractivity contribution is -0.384. The number of carbonyl (C=O) groups is 1. The fourth-order valence-corrected chi connectivity index (χ4v) is 5.13. The summed E-state index contributed by atoms with van der Waals surface area (Å²) in [6.45, 7) is 2.27. The van der Waals surface area contributed by atoms with E-state index in [1.54, 1.807) is 30.3 Å². The van der Waals surface area contributed by atoms with Crippen molar-refractivity contribution in [1.82, 2.24) is 20.1 Å². The number of aromatic nitrogens is 3. The third-order valence-electron chi connectivity index (χ3n) is 6.21. The van der Waals surface area contributed by atoms with Crippen LogP contribution in [0.25, 0.3) is 17.1 Å².